The number of aromatic nitrogens is 1. The average Bonchev–Trinajstić information content (AvgIpc) is 2.96. The SMILES string of the molecule is Cc1c(C)c2c(c(C)c1O)CCC(C)(COc1ccc(NCC(O)COc3cccc4ncccc34)cc1)O2. The van der Waals surface area contributed by atoms with Crippen LogP contribution in [0, 0.1) is 20.8 Å². The number of ether oxygens (including phenoxy) is 3. The Balaban J connectivity index is 1.12. The minimum Gasteiger partial charge on any atom is -0.507 e. The number of nitrogens with one attached hydrogen (secondary N) is 1. The molecule has 39 heavy (non-hydrogen) atoms. The Labute approximate surface area is 229 Å². The van der Waals surface area contributed by atoms with Crippen LogP contribution in [0.2, 0.25) is 0 Å². The van der Waals surface area contributed by atoms with Crippen molar-refractivity contribution in [2.75, 3.05) is 25.1 Å². The topological polar surface area (TPSA) is 93.1 Å². The van der Waals surface area contributed by atoms with Crippen molar-refractivity contribution in [3.8, 4) is 23.0 Å². The summed E-state index contributed by atoms with van der Waals surface area (Å²) in [5.74, 6) is 2.70. The molecule has 1 aromatic heterocycles. The summed E-state index contributed by atoms with van der Waals surface area (Å²) in [6.45, 7) is 8.88. The van der Waals surface area contributed by atoms with Gasteiger partial charge in [0.1, 0.15) is 47.9 Å². The van der Waals surface area contributed by atoms with Crippen molar-refractivity contribution in [1.82, 2.24) is 4.98 Å². The number of pyridine rings is 1. The third-order valence-corrected chi connectivity index (χ3v) is 7.57. The van der Waals surface area contributed by atoms with E-state index in [1.54, 1.807) is 6.20 Å². The number of nitrogens with zero attached hydrogens (tertiary/aromatic N) is 1. The normalized spacial score (nSPS) is 17.3. The third kappa shape index (κ3) is 5.73. The van der Waals surface area contributed by atoms with E-state index in [9.17, 15) is 10.2 Å². The number of hydrogen-bond donors (Lipinski definition) is 3. The molecule has 4 aromatic rings. The van der Waals surface area contributed by atoms with Crippen molar-refractivity contribution < 1.29 is 24.4 Å². The van der Waals surface area contributed by atoms with Gasteiger partial charge in [-0.05, 0) is 106 Å². The maximum atomic E-state index is 10.4. The fraction of sp³-hybridized carbons (Fsp3) is 0.344. The molecule has 3 aromatic carbocycles. The summed E-state index contributed by atoms with van der Waals surface area (Å²) in [5, 5.41) is 25.0. The standard InChI is InChI=1S/C32H36N2O5/c1-20-21(2)31-26(22(3)30(20)36)14-15-32(4,39-31)19-38-25-12-10-23(11-13-25)34-17-24(35)18-37-29-9-5-8-28-27(29)7-6-16-33-28/h5-13,16,24,34-36H,14-15,17-19H2,1-4H3. The van der Waals surface area contributed by atoms with E-state index in [0.29, 0.717) is 24.7 Å². The molecule has 0 saturated carbocycles. The Kier molecular flexibility index (Phi) is 7.53. The lowest BCUT2D eigenvalue weighted by molar-refractivity contribution is 0.0166. The van der Waals surface area contributed by atoms with Crippen LogP contribution in [0.4, 0.5) is 5.69 Å². The molecule has 7 nitrogen and oxygen atoms in total. The zero-order chi connectivity index (χ0) is 27.6. The molecule has 7 heteroatoms. The molecule has 0 spiro atoms. The molecule has 0 bridgehead atoms. The number of aliphatic hydroxyl groups is 1. The number of aromatic hydroxyl groups is 1. The van der Waals surface area contributed by atoms with Gasteiger partial charge in [-0.1, -0.05) is 6.07 Å². The maximum Gasteiger partial charge on any atom is 0.140 e. The number of phenolic OH excluding ortho intramolecular Hbond substituents is 1. The van der Waals surface area contributed by atoms with Crippen molar-refractivity contribution in [2.24, 2.45) is 0 Å². The second-order valence-corrected chi connectivity index (χ2v) is 10.6. The smallest absolute Gasteiger partial charge is 0.140 e. The molecule has 0 fully saturated rings. The van der Waals surface area contributed by atoms with Crippen molar-refractivity contribution in [1.29, 1.82) is 0 Å². The van der Waals surface area contributed by atoms with Crippen LogP contribution < -0.4 is 19.5 Å². The molecule has 2 heterocycles. The average molecular weight is 529 g/mol. The molecule has 0 radical (unpaired) electrons. The van der Waals surface area contributed by atoms with Crippen molar-refractivity contribution in [3.05, 3.63) is 83.0 Å². The number of phenols is 1. The van der Waals surface area contributed by atoms with Crippen LogP contribution in [-0.4, -0.2) is 46.7 Å². The first-order valence-electron chi connectivity index (χ1n) is 13.4. The Morgan fingerprint density at radius 2 is 1.79 bits per heavy atom. The third-order valence-electron chi connectivity index (χ3n) is 7.57. The Morgan fingerprint density at radius 1 is 1.00 bits per heavy atom. The van der Waals surface area contributed by atoms with Crippen molar-refractivity contribution >= 4 is 16.6 Å². The molecular weight excluding hydrogens is 492 g/mol. The van der Waals surface area contributed by atoms with Gasteiger partial charge >= 0.3 is 0 Å². The number of aliphatic hydroxyl groups excluding tert-OH is 1. The number of fused-ring (bicyclic) bond motifs is 2. The zero-order valence-corrected chi connectivity index (χ0v) is 23.0. The minimum atomic E-state index is -0.684. The molecule has 204 valence electrons. The van der Waals surface area contributed by atoms with E-state index in [4.69, 9.17) is 14.2 Å². The Bertz CT molecular complexity index is 1460. The molecule has 2 unspecified atom stereocenters. The first-order valence-corrected chi connectivity index (χ1v) is 13.4. The van der Waals surface area contributed by atoms with Gasteiger partial charge in [-0.2, -0.15) is 0 Å². The monoisotopic (exact) mass is 528 g/mol. The quantitative estimate of drug-likeness (QED) is 0.250. The molecule has 3 N–H and O–H groups in total. The number of benzene rings is 3. The molecular formula is C32H36N2O5. The highest BCUT2D eigenvalue weighted by atomic mass is 16.5. The van der Waals surface area contributed by atoms with Crippen molar-refractivity contribution in [3.63, 3.8) is 0 Å². The lowest BCUT2D eigenvalue weighted by Crippen LogP contribution is -2.42. The summed E-state index contributed by atoms with van der Waals surface area (Å²) < 4.78 is 18.4. The second-order valence-electron chi connectivity index (χ2n) is 10.6. The van der Waals surface area contributed by atoms with Crippen LogP contribution in [0.15, 0.2) is 60.8 Å². The summed E-state index contributed by atoms with van der Waals surface area (Å²) in [6, 6.07) is 17.2. The van der Waals surface area contributed by atoms with Gasteiger partial charge < -0.3 is 29.7 Å². The lowest BCUT2D eigenvalue weighted by Gasteiger charge is -2.37. The predicted octanol–water partition coefficient (Wildman–Crippen LogP) is 5.88. The first-order chi connectivity index (χ1) is 18.7. The lowest BCUT2D eigenvalue weighted by atomic mass is 9.87. The van der Waals surface area contributed by atoms with Crippen molar-refractivity contribution in [2.45, 2.75) is 52.2 Å². The fourth-order valence-corrected chi connectivity index (χ4v) is 4.98. The summed E-state index contributed by atoms with van der Waals surface area (Å²) in [5.41, 5.74) is 5.12. The van der Waals surface area contributed by atoms with Gasteiger partial charge in [0, 0.05) is 29.4 Å². The van der Waals surface area contributed by atoms with E-state index in [0.717, 1.165) is 63.2 Å². The van der Waals surface area contributed by atoms with E-state index in [1.807, 2.05) is 75.4 Å². The van der Waals surface area contributed by atoms with E-state index in [-0.39, 0.29) is 6.61 Å². The van der Waals surface area contributed by atoms with Gasteiger partial charge in [0.05, 0.1) is 5.52 Å². The largest absolute Gasteiger partial charge is 0.507 e. The van der Waals surface area contributed by atoms with Crippen LogP contribution in [0.5, 0.6) is 23.0 Å². The molecule has 1 aliphatic rings. The maximum absolute atomic E-state index is 10.4. The van der Waals surface area contributed by atoms with E-state index in [1.165, 1.54) is 0 Å². The van der Waals surface area contributed by atoms with Gasteiger partial charge in [-0.15, -0.1) is 0 Å². The van der Waals surface area contributed by atoms with Gasteiger partial charge in [0.2, 0.25) is 0 Å². The molecule has 0 amide bonds. The highest BCUT2D eigenvalue weighted by molar-refractivity contribution is 5.84. The zero-order valence-electron chi connectivity index (χ0n) is 23.0. The summed E-state index contributed by atoms with van der Waals surface area (Å²) >= 11 is 0. The number of rotatable bonds is 9. The predicted molar refractivity (Wildman–Crippen MR) is 153 cm³/mol. The van der Waals surface area contributed by atoms with Crippen LogP contribution >= 0.6 is 0 Å². The molecule has 2 atom stereocenters. The highest BCUT2D eigenvalue weighted by Crippen LogP contribution is 2.43. The van der Waals surface area contributed by atoms with Gasteiger partial charge in [0.15, 0.2) is 0 Å². The molecule has 5 rings (SSSR count). The van der Waals surface area contributed by atoms with Crippen LogP contribution in [-0.2, 0) is 6.42 Å². The van der Waals surface area contributed by atoms with Gasteiger partial charge in [-0.25, -0.2) is 0 Å². The van der Waals surface area contributed by atoms with E-state index < -0.39 is 11.7 Å². The van der Waals surface area contributed by atoms with E-state index >= 15 is 0 Å². The van der Waals surface area contributed by atoms with E-state index in [2.05, 4.69) is 17.2 Å². The highest BCUT2D eigenvalue weighted by Gasteiger charge is 2.35. The number of hydrogen-bond acceptors (Lipinski definition) is 7. The Hall–Kier alpha value is -3.97. The second kappa shape index (κ2) is 11.0. The van der Waals surface area contributed by atoms with Crippen LogP contribution in [0.1, 0.15) is 35.6 Å². The molecule has 0 saturated heterocycles. The molecule has 1 aliphatic heterocycles. The fourth-order valence-electron chi connectivity index (χ4n) is 4.98. The summed E-state index contributed by atoms with van der Waals surface area (Å²) in [4.78, 5) is 4.34. The van der Waals surface area contributed by atoms with Crippen LogP contribution in [0.25, 0.3) is 10.9 Å². The summed E-state index contributed by atoms with van der Waals surface area (Å²) in [7, 11) is 0. The van der Waals surface area contributed by atoms with Gasteiger partial charge in [-0.3, -0.25) is 4.98 Å². The minimum absolute atomic E-state index is 0.169. The number of anilines is 1. The Morgan fingerprint density at radius 3 is 2.59 bits per heavy atom. The van der Waals surface area contributed by atoms with Crippen LogP contribution in [0.3, 0.4) is 0 Å². The van der Waals surface area contributed by atoms with Gasteiger partial charge in [0.25, 0.3) is 0 Å². The first kappa shape index (κ1) is 26.6. The summed E-state index contributed by atoms with van der Waals surface area (Å²) in [6.07, 6.45) is 2.70. The molecule has 0 aliphatic carbocycles.